The second kappa shape index (κ2) is 6.52. The van der Waals surface area contributed by atoms with Gasteiger partial charge in [0.1, 0.15) is 5.82 Å². The van der Waals surface area contributed by atoms with Crippen LogP contribution in [-0.2, 0) is 0 Å². The number of ether oxygens (including phenoxy) is 2. The van der Waals surface area contributed by atoms with Gasteiger partial charge in [0.2, 0.25) is 0 Å². The summed E-state index contributed by atoms with van der Waals surface area (Å²) in [4.78, 5) is 7.11. The van der Waals surface area contributed by atoms with E-state index in [1.807, 2.05) is 25.4 Å². The summed E-state index contributed by atoms with van der Waals surface area (Å²) in [6.07, 6.45) is 4.33. The summed E-state index contributed by atoms with van der Waals surface area (Å²) in [6, 6.07) is 4.06. The van der Waals surface area contributed by atoms with Gasteiger partial charge >= 0.3 is 0 Å². The zero-order chi connectivity index (χ0) is 16.4. The van der Waals surface area contributed by atoms with E-state index in [2.05, 4.69) is 17.1 Å². The van der Waals surface area contributed by atoms with Crippen LogP contribution >= 0.6 is 0 Å². The van der Waals surface area contributed by atoms with Crippen LogP contribution in [0.25, 0.3) is 10.8 Å². The van der Waals surface area contributed by atoms with Crippen LogP contribution in [0.3, 0.4) is 0 Å². The number of nitrogens with zero attached hydrogens (tertiary/aromatic N) is 2. The molecule has 0 saturated carbocycles. The molecule has 3 rings (SSSR count). The lowest BCUT2D eigenvalue weighted by atomic mass is 9.98. The second-order valence-electron chi connectivity index (χ2n) is 6.17. The molecular formula is C18H25N3O2. The molecule has 1 N–H and O–H groups in total. The summed E-state index contributed by atoms with van der Waals surface area (Å²) >= 11 is 0. The van der Waals surface area contributed by atoms with Crippen molar-refractivity contribution in [3.8, 4) is 11.5 Å². The van der Waals surface area contributed by atoms with Gasteiger partial charge in [0.05, 0.1) is 26.1 Å². The van der Waals surface area contributed by atoms with E-state index >= 15 is 0 Å². The maximum absolute atomic E-state index is 5.49. The molecule has 1 aromatic carbocycles. The molecule has 0 spiro atoms. The van der Waals surface area contributed by atoms with E-state index in [-0.39, 0.29) is 0 Å². The molecule has 0 amide bonds. The molecular weight excluding hydrogens is 290 g/mol. The number of aromatic nitrogens is 1. The Bertz CT molecular complexity index is 694. The van der Waals surface area contributed by atoms with Crippen LogP contribution < -0.4 is 19.7 Å². The summed E-state index contributed by atoms with van der Waals surface area (Å²) < 4.78 is 10.9. The van der Waals surface area contributed by atoms with Crippen LogP contribution in [0.2, 0.25) is 0 Å². The number of piperidine rings is 1. The molecule has 1 fully saturated rings. The molecule has 0 aliphatic carbocycles. The van der Waals surface area contributed by atoms with Crippen molar-refractivity contribution < 1.29 is 9.47 Å². The van der Waals surface area contributed by atoms with Gasteiger partial charge in [-0.2, -0.15) is 0 Å². The molecule has 23 heavy (non-hydrogen) atoms. The largest absolute Gasteiger partial charge is 0.493 e. The van der Waals surface area contributed by atoms with Crippen molar-refractivity contribution in [1.29, 1.82) is 0 Å². The Kier molecular flexibility index (Phi) is 4.46. The first-order valence-electron chi connectivity index (χ1n) is 8.15. The zero-order valence-electron chi connectivity index (χ0n) is 14.3. The minimum atomic E-state index is 0.737. The highest BCUT2D eigenvalue weighted by Gasteiger charge is 2.21. The van der Waals surface area contributed by atoms with E-state index < -0.39 is 0 Å². The van der Waals surface area contributed by atoms with Gasteiger partial charge in [-0.25, -0.2) is 4.98 Å². The number of pyridine rings is 1. The van der Waals surface area contributed by atoms with E-state index in [0.717, 1.165) is 52.8 Å². The van der Waals surface area contributed by atoms with Gasteiger partial charge in [0.25, 0.3) is 0 Å². The number of rotatable bonds is 4. The Hall–Kier alpha value is -2.17. The number of hydrogen-bond acceptors (Lipinski definition) is 5. The highest BCUT2D eigenvalue weighted by molar-refractivity contribution is 6.02. The molecule has 0 unspecified atom stereocenters. The molecule has 0 bridgehead atoms. The van der Waals surface area contributed by atoms with Gasteiger partial charge in [0, 0.05) is 30.9 Å². The van der Waals surface area contributed by atoms with Crippen molar-refractivity contribution in [3.05, 3.63) is 18.3 Å². The summed E-state index contributed by atoms with van der Waals surface area (Å²) in [6.45, 7) is 4.42. The van der Waals surface area contributed by atoms with Gasteiger partial charge in [0.15, 0.2) is 11.5 Å². The maximum Gasteiger partial charge on any atom is 0.161 e. The van der Waals surface area contributed by atoms with Crippen molar-refractivity contribution >= 4 is 22.3 Å². The topological polar surface area (TPSA) is 46.6 Å². The maximum atomic E-state index is 5.49. The Labute approximate surface area is 137 Å². The van der Waals surface area contributed by atoms with Crippen LogP contribution in [0.5, 0.6) is 11.5 Å². The predicted octanol–water partition coefficient (Wildman–Crippen LogP) is 3.53. The Balaban J connectivity index is 2.14. The molecule has 5 heteroatoms. The Morgan fingerprint density at radius 2 is 1.70 bits per heavy atom. The van der Waals surface area contributed by atoms with Crippen LogP contribution in [0, 0.1) is 5.92 Å². The van der Waals surface area contributed by atoms with Gasteiger partial charge in [-0.15, -0.1) is 0 Å². The van der Waals surface area contributed by atoms with E-state index in [0.29, 0.717) is 0 Å². The summed E-state index contributed by atoms with van der Waals surface area (Å²) in [5.74, 6) is 3.30. The fourth-order valence-electron chi connectivity index (χ4n) is 3.22. The standard InChI is InChI=1S/C18H25N3O2/c1-12-5-7-21(8-6-12)18-14-10-17(23-4)16(22-3)9-13(14)15(19-2)11-20-18/h9-12,19H,5-8H2,1-4H3. The van der Waals surface area contributed by atoms with E-state index in [4.69, 9.17) is 14.5 Å². The number of anilines is 2. The van der Waals surface area contributed by atoms with E-state index in [1.165, 1.54) is 12.8 Å². The lowest BCUT2D eigenvalue weighted by Gasteiger charge is -2.32. The third kappa shape index (κ3) is 2.87. The molecule has 1 aromatic heterocycles. The third-order valence-electron chi connectivity index (χ3n) is 4.72. The van der Waals surface area contributed by atoms with Crippen LogP contribution in [0.4, 0.5) is 11.5 Å². The fourth-order valence-corrected chi connectivity index (χ4v) is 3.22. The SMILES string of the molecule is CNc1cnc(N2CCC(C)CC2)c2cc(OC)c(OC)cc12. The molecule has 1 saturated heterocycles. The molecule has 1 aliphatic heterocycles. The predicted molar refractivity (Wildman–Crippen MR) is 95.0 cm³/mol. The number of methoxy groups -OCH3 is 2. The molecule has 1 aliphatic rings. The van der Waals surface area contributed by atoms with Crippen molar-refractivity contribution in [1.82, 2.24) is 4.98 Å². The first kappa shape index (κ1) is 15.7. The number of fused-ring (bicyclic) bond motifs is 1. The summed E-state index contributed by atoms with van der Waals surface area (Å²) in [7, 11) is 5.24. The highest BCUT2D eigenvalue weighted by Crippen LogP contribution is 2.39. The first-order valence-corrected chi connectivity index (χ1v) is 8.15. The normalized spacial score (nSPS) is 15.7. The molecule has 0 radical (unpaired) electrons. The lowest BCUT2D eigenvalue weighted by Crippen LogP contribution is -2.33. The van der Waals surface area contributed by atoms with Crippen molar-refractivity contribution in [2.75, 3.05) is 44.6 Å². The van der Waals surface area contributed by atoms with Crippen molar-refractivity contribution in [2.45, 2.75) is 19.8 Å². The fraction of sp³-hybridized carbons (Fsp3) is 0.500. The second-order valence-corrected chi connectivity index (χ2v) is 6.17. The number of nitrogens with one attached hydrogen (secondary N) is 1. The first-order chi connectivity index (χ1) is 11.2. The highest BCUT2D eigenvalue weighted by atomic mass is 16.5. The third-order valence-corrected chi connectivity index (χ3v) is 4.72. The van der Waals surface area contributed by atoms with Gasteiger partial charge in [-0.05, 0) is 30.9 Å². The van der Waals surface area contributed by atoms with E-state index in [9.17, 15) is 0 Å². The Morgan fingerprint density at radius 1 is 1.09 bits per heavy atom. The average molecular weight is 315 g/mol. The molecule has 2 aromatic rings. The van der Waals surface area contributed by atoms with Gasteiger partial charge in [-0.1, -0.05) is 6.92 Å². The molecule has 0 atom stereocenters. The number of benzene rings is 1. The van der Waals surface area contributed by atoms with Crippen molar-refractivity contribution in [2.24, 2.45) is 5.92 Å². The molecule has 5 nitrogen and oxygen atoms in total. The number of hydrogen-bond donors (Lipinski definition) is 1. The Morgan fingerprint density at radius 3 is 2.26 bits per heavy atom. The van der Waals surface area contributed by atoms with Crippen molar-refractivity contribution in [3.63, 3.8) is 0 Å². The zero-order valence-corrected chi connectivity index (χ0v) is 14.3. The van der Waals surface area contributed by atoms with Gasteiger partial charge < -0.3 is 19.7 Å². The quantitative estimate of drug-likeness (QED) is 0.935. The van der Waals surface area contributed by atoms with Gasteiger partial charge in [-0.3, -0.25) is 0 Å². The minimum absolute atomic E-state index is 0.737. The molecule has 124 valence electrons. The summed E-state index contributed by atoms with van der Waals surface area (Å²) in [5.41, 5.74) is 0.995. The smallest absolute Gasteiger partial charge is 0.161 e. The van der Waals surface area contributed by atoms with Crippen LogP contribution in [-0.4, -0.2) is 39.3 Å². The summed E-state index contributed by atoms with van der Waals surface area (Å²) in [5, 5.41) is 5.42. The lowest BCUT2D eigenvalue weighted by molar-refractivity contribution is 0.356. The average Bonchev–Trinajstić information content (AvgIpc) is 2.60. The van der Waals surface area contributed by atoms with Crippen LogP contribution in [0.1, 0.15) is 19.8 Å². The minimum Gasteiger partial charge on any atom is -0.493 e. The molecule has 2 heterocycles. The van der Waals surface area contributed by atoms with E-state index in [1.54, 1.807) is 14.2 Å². The van der Waals surface area contributed by atoms with Crippen LogP contribution in [0.15, 0.2) is 18.3 Å². The monoisotopic (exact) mass is 315 g/mol.